The molecular weight excluding hydrogens is 344 g/mol. The third kappa shape index (κ3) is 2.16. The van der Waals surface area contributed by atoms with Gasteiger partial charge in [0.15, 0.2) is 0 Å². The van der Waals surface area contributed by atoms with Gasteiger partial charge in [-0.15, -0.1) is 0 Å². The summed E-state index contributed by atoms with van der Waals surface area (Å²) in [6, 6.07) is 3.18. The Balaban J connectivity index is 1.88. The van der Waals surface area contributed by atoms with Gasteiger partial charge in [0.1, 0.15) is 0 Å². The molecule has 0 amide bonds. The standard InChI is InChI=1S/C13H17BrN2O3S/c1-8-4-10(14)11(15)5-12(8)20(18,19)16-6-13(17,7-16)9-2-3-9/h4-5,9,17H,2-3,6-7,15H2,1H3. The Morgan fingerprint density at radius 3 is 2.55 bits per heavy atom. The smallest absolute Gasteiger partial charge is 0.243 e. The summed E-state index contributed by atoms with van der Waals surface area (Å²) in [4.78, 5) is 0.219. The van der Waals surface area contributed by atoms with E-state index in [9.17, 15) is 13.5 Å². The molecule has 3 N–H and O–H groups in total. The first kappa shape index (κ1) is 14.3. The van der Waals surface area contributed by atoms with Crippen molar-refractivity contribution in [3.05, 3.63) is 22.2 Å². The molecule has 0 spiro atoms. The lowest BCUT2D eigenvalue weighted by atomic mass is 9.91. The number of hydrogen-bond donors (Lipinski definition) is 2. The molecule has 5 nitrogen and oxygen atoms in total. The van der Waals surface area contributed by atoms with Crippen LogP contribution in [0.2, 0.25) is 0 Å². The summed E-state index contributed by atoms with van der Waals surface area (Å²) in [6.07, 6.45) is 1.99. The number of nitrogens with two attached hydrogens (primary N) is 1. The van der Waals surface area contributed by atoms with Gasteiger partial charge in [-0.05, 0) is 59.3 Å². The molecule has 0 radical (unpaired) electrons. The highest BCUT2D eigenvalue weighted by Gasteiger charge is 2.55. The molecule has 2 aliphatic rings. The summed E-state index contributed by atoms with van der Waals surface area (Å²) in [5.74, 6) is 0.269. The Morgan fingerprint density at radius 2 is 2.00 bits per heavy atom. The Bertz CT molecular complexity index is 664. The maximum atomic E-state index is 12.6. The third-order valence-corrected chi connectivity index (χ3v) is 6.77. The molecule has 1 saturated heterocycles. The van der Waals surface area contributed by atoms with Gasteiger partial charge in [0.25, 0.3) is 0 Å². The molecule has 1 heterocycles. The molecule has 0 atom stereocenters. The molecule has 3 rings (SSSR count). The van der Waals surface area contributed by atoms with Crippen molar-refractivity contribution in [1.29, 1.82) is 0 Å². The van der Waals surface area contributed by atoms with Gasteiger partial charge in [-0.3, -0.25) is 0 Å². The van der Waals surface area contributed by atoms with Crippen LogP contribution < -0.4 is 5.73 Å². The Morgan fingerprint density at radius 1 is 1.40 bits per heavy atom. The number of β-amino-alcohol motifs (C(OH)–C–C–N with tert-alkyl or cyclic N) is 1. The first-order valence-electron chi connectivity index (χ1n) is 6.52. The highest BCUT2D eigenvalue weighted by molar-refractivity contribution is 9.10. The van der Waals surface area contributed by atoms with Crippen LogP contribution in [0, 0.1) is 12.8 Å². The second-order valence-electron chi connectivity index (χ2n) is 5.79. The van der Waals surface area contributed by atoms with Gasteiger partial charge in [-0.25, -0.2) is 8.42 Å². The van der Waals surface area contributed by atoms with E-state index in [-0.39, 0.29) is 23.9 Å². The first-order valence-corrected chi connectivity index (χ1v) is 8.75. The van der Waals surface area contributed by atoms with Crippen LogP contribution in [0.4, 0.5) is 5.69 Å². The largest absolute Gasteiger partial charge is 0.398 e. The number of nitrogens with zero attached hydrogens (tertiary/aromatic N) is 1. The maximum Gasteiger partial charge on any atom is 0.243 e. The van der Waals surface area contributed by atoms with Crippen LogP contribution in [-0.4, -0.2) is 36.5 Å². The summed E-state index contributed by atoms with van der Waals surface area (Å²) in [5.41, 5.74) is 6.00. The number of benzene rings is 1. The van der Waals surface area contributed by atoms with Crippen LogP contribution in [0.3, 0.4) is 0 Å². The number of aliphatic hydroxyl groups is 1. The molecule has 1 aromatic rings. The fourth-order valence-corrected chi connectivity index (χ4v) is 4.96. The number of nitrogen functional groups attached to an aromatic ring is 1. The van der Waals surface area contributed by atoms with Crippen LogP contribution in [0.5, 0.6) is 0 Å². The number of rotatable bonds is 3. The van der Waals surface area contributed by atoms with E-state index >= 15 is 0 Å². The summed E-state index contributed by atoms with van der Waals surface area (Å²) < 4.78 is 27.2. The van der Waals surface area contributed by atoms with Crippen LogP contribution in [0.1, 0.15) is 18.4 Å². The lowest BCUT2D eigenvalue weighted by Gasteiger charge is -2.45. The number of hydrogen-bond acceptors (Lipinski definition) is 4. The summed E-state index contributed by atoms with van der Waals surface area (Å²) in [5, 5.41) is 10.3. The van der Waals surface area contributed by atoms with E-state index in [1.807, 2.05) is 0 Å². The van der Waals surface area contributed by atoms with Gasteiger partial charge >= 0.3 is 0 Å². The lowest BCUT2D eigenvalue weighted by Crippen LogP contribution is -2.64. The van der Waals surface area contributed by atoms with E-state index in [0.29, 0.717) is 15.7 Å². The first-order chi connectivity index (χ1) is 9.24. The molecule has 0 bridgehead atoms. The SMILES string of the molecule is Cc1cc(Br)c(N)cc1S(=O)(=O)N1CC(O)(C2CC2)C1. The van der Waals surface area contributed by atoms with Crippen molar-refractivity contribution in [3.63, 3.8) is 0 Å². The molecule has 7 heteroatoms. The van der Waals surface area contributed by atoms with E-state index in [1.165, 1.54) is 10.4 Å². The van der Waals surface area contributed by atoms with E-state index in [0.717, 1.165) is 12.8 Å². The summed E-state index contributed by atoms with van der Waals surface area (Å²) >= 11 is 3.29. The minimum atomic E-state index is -3.58. The lowest BCUT2D eigenvalue weighted by molar-refractivity contribution is -0.0764. The quantitative estimate of drug-likeness (QED) is 0.799. The molecule has 1 aromatic carbocycles. The highest BCUT2D eigenvalue weighted by Crippen LogP contribution is 2.46. The molecule has 1 saturated carbocycles. The minimum Gasteiger partial charge on any atom is -0.398 e. The fourth-order valence-electron chi connectivity index (χ4n) is 2.70. The number of aryl methyl sites for hydroxylation is 1. The molecule has 110 valence electrons. The van der Waals surface area contributed by atoms with Crippen molar-refractivity contribution in [2.24, 2.45) is 5.92 Å². The van der Waals surface area contributed by atoms with Crippen molar-refractivity contribution >= 4 is 31.6 Å². The molecule has 2 fully saturated rings. The average molecular weight is 361 g/mol. The minimum absolute atomic E-state index is 0.190. The topological polar surface area (TPSA) is 83.6 Å². The summed E-state index contributed by atoms with van der Waals surface area (Å²) in [7, 11) is -3.58. The van der Waals surface area contributed by atoms with Gasteiger partial charge in [-0.1, -0.05) is 0 Å². The van der Waals surface area contributed by atoms with Crippen molar-refractivity contribution in [1.82, 2.24) is 4.31 Å². The van der Waals surface area contributed by atoms with E-state index in [4.69, 9.17) is 5.73 Å². The van der Waals surface area contributed by atoms with Gasteiger partial charge in [0.2, 0.25) is 10.0 Å². The summed E-state index contributed by atoms with van der Waals surface area (Å²) in [6.45, 7) is 2.12. The molecule has 1 aliphatic heterocycles. The molecule has 0 aromatic heterocycles. The Kier molecular flexibility index (Phi) is 3.17. The van der Waals surface area contributed by atoms with E-state index in [1.54, 1.807) is 13.0 Å². The predicted molar refractivity (Wildman–Crippen MR) is 79.7 cm³/mol. The highest BCUT2D eigenvalue weighted by atomic mass is 79.9. The van der Waals surface area contributed by atoms with Crippen LogP contribution >= 0.6 is 15.9 Å². The second kappa shape index (κ2) is 4.43. The predicted octanol–water partition coefficient (Wildman–Crippen LogP) is 1.49. The molecule has 20 heavy (non-hydrogen) atoms. The molecular formula is C13H17BrN2O3S. The zero-order chi connectivity index (χ0) is 14.7. The van der Waals surface area contributed by atoms with Crippen molar-refractivity contribution < 1.29 is 13.5 Å². The zero-order valence-electron chi connectivity index (χ0n) is 11.1. The van der Waals surface area contributed by atoms with Crippen molar-refractivity contribution in [2.45, 2.75) is 30.3 Å². The van der Waals surface area contributed by atoms with E-state index in [2.05, 4.69) is 15.9 Å². The molecule has 0 unspecified atom stereocenters. The van der Waals surface area contributed by atoms with Crippen LogP contribution in [0.15, 0.2) is 21.5 Å². The van der Waals surface area contributed by atoms with E-state index < -0.39 is 15.6 Å². The fraction of sp³-hybridized carbons (Fsp3) is 0.538. The monoisotopic (exact) mass is 360 g/mol. The molecule has 1 aliphatic carbocycles. The Labute approximate surface area is 126 Å². The maximum absolute atomic E-state index is 12.6. The third-order valence-electron chi connectivity index (χ3n) is 4.15. The average Bonchev–Trinajstić information content (AvgIpc) is 3.13. The van der Waals surface area contributed by atoms with Crippen LogP contribution in [-0.2, 0) is 10.0 Å². The van der Waals surface area contributed by atoms with Crippen molar-refractivity contribution in [2.75, 3.05) is 18.8 Å². The van der Waals surface area contributed by atoms with Crippen LogP contribution in [0.25, 0.3) is 0 Å². The number of halogens is 1. The van der Waals surface area contributed by atoms with Gasteiger partial charge in [0.05, 0.1) is 10.5 Å². The van der Waals surface area contributed by atoms with Gasteiger partial charge < -0.3 is 10.8 Å². The number of sulfonamides is 1. The zero-order valence-corrected chi connectivity index (χ0v) is 13.5. The van der Waals surface area contributed by atoms with Gasteiger partial charge in [0, 0.05) is 23.2 Å². The Hall–Kier alpha value is -0.630. The van der Waals surface area contributed by atoms with Gasteiger partial charge in [-0.2, -0.15) is 4.31 Å². The van der Waals surface area contributed by atoms with Crippen molar-refractivity contribution in [3.8, 4) is 0 Å². The second-order valence-corrected chi connectivity index (χ2v) is 8.55. The number of anilines is 1. The normalized spacial score (nSPS) is 22.6.